The Kier molecular flexibility index (Phi) is 5.38. The Labute approximate surface area is 73.7 Å². The van der Waals surface area contributed by atoms with E-state index in [9.17, 15) is 4.79 Å². The van der Waals surface area contributed by atoms with Gasteiger partial charge in [-0.15, -0.1) is 0 Å². The Balaban J connectivity index is 3.57. The van der Waals surface area contributed by atoms with Crippen molar-refractivity contribution < 1.29 is 9.53 Å². The van der Waals surface area contributed by atoms with Gasteiger partial charge < -0.3 is 4.74 Å². The fourth-order valence-electron chi connectivity index (χ4n) is 0.762. The zero-order valence-corrected chi connectivity index (χ0v) is 8.23. The third-order valence-corrected chi connectivity index (χ3v) is 1.56. The van der Waals surface area contributed by atoms with Gasteiger partial charge >= 0.3 is 5.97 Å². The second-order valence-corrected chi connectivity index (χ2v) is 3.49. The highest BCUT2D eigenvalue weighted by Crippen LogP contribution is 2.04. The van der Waals surface area contributed by atoms with Crippen LogP contribution < -0.4 is 0 Å². The van der Waals surface area contributed by atoms with E-state index in [0.29, 0.717) is 0 Å². The molecule has 0 rings (SSSR count). The van der Waals surface area contributed by atoms with Crippen molar-refractivity contribution in [1.82, 2.24) is 0 Å². The van der Waals surface area contributed by atoms with Crippen molar-refractivity contribution in [2.24, 2.45) is 0 Å². The highest BCUT2D eigenvalue weighted by Gasteiger charge is 2.12. The minimum Gasteiger partial charge on any atom is -0.462 e. The molecule has 0 radical (unpaired) electrons. The van der Waals surface area contributed by atoms with Gasteiger partial charge in [0.2, 0.25) is 0 Å². The van der Waals surface area contributed by atoms with E-state index in [1.807, 2.05) is 6.92 Å². The molecule has 0 spiro atoms. The monoisotopic (exact) mass is 176 g/mol. The van der Waals surface area contributed by atoms with E-state index in [4.69, 9.17) is 4.74 Å². The molecule has 0 saturated carbocycles. The number of carbonyl (C=O) groups excluding carboxylic acids is 1. The number of hydrogen-bond donors (Lipinski definition) is 1. The van der Waals surface area contributed by atoms with Crippen molar-refractivity contribution in [3.8, 4) is 0 Å². The van der Waals surface area contributed by atoms with Gasteiger partial charge in [-0.05, 0) is 20.3 Å². The van der Waals surface area contributed by atoms with Crippen LogP contribution in [0, 0.1) is 0 Å². The second kappa shape index (κ2) is 5.47. The number of hydrogen-bond acceptors (Lipinski definition) is 3. The van der Waals surface area contributed by atoms with Gasteiger partial charge in [-0.1, -0.05) is 13.3 Å². The van der Waals surface area contributed by atoms with E-state index < -0.39 is 0 Å². The molecule has 0 aromatic heterocycles. The molecule has 0 aliphatic carbocycles. The van der Waals surface area contributed by atoms with E-state index in [0.717, 1.165) is 12.8 Å². The van der Waals surface area contributed by atoms with Crippen LogP contribution in [0.5, 0.6) is 0 Å². The van der Waals surface area contributed by atoms with Crippen LogP contribution in [-0.2, 0) is 9.53 Å². The quantitative estimate of drug-likeness (QED) is 0.524. The van der Waals surface area contributed by atoms with Crippen LogP contribution in [0.2, 0.25) is 0 Å². The van der Waals surface area contributed by atoms with Gasteiger partial charge in [0.25, 0.3) is 0 Å². The normalized spacial score (nSPS) is 15.6. The first-order valence-corrected chi connectivity index (χ1v) is 4.48. The van der Waals surface area contributed by atoms with E-state index in [1.165, 1.54) is 0 Å². The predicted octanol–water partition coefficient (Wildman–Crippen LogP) is 2.04. The summed E-state index contributed by atoms with van der Waals surface area (Å²) in [6.45, 7) is 5.68. The number of carbonyl (C=O) groups is 1. The number of thiol groups is 1. The summed E-state index contributed by atoms with van der Waals surface area (Å²) in [7, 11) is 0. The fourth-order valence-corrected chi connectivity index (χ4v) is 0.823. The van der Waals surface area contributed by atoms with Crippen molar-refractivity contribution in [3.05, 3.63) is 0 Å². The first-order valence-electron chi connectivity index (χ1n) is 3.96. The van der Waals surface area contributed by atoms with Crippen LogP contribution in [0.1, 0.15) is 33.6 Å². The fraction of sp³-hybridized carbons (Fsp3) is 0.875. The molecule has 0 fully saturated rings. The van der Waals surface area contributed by atoms with Crippen molar-refractivity contribution in [1.29, 1.82) is 0 Å². The van der Waals surface area contributed by atoms with Gasteiger partial charge in [0, 0.05) is 0 Å². The molecule has 0 bridgehead atoms. The van der Waals surface area contributed by atoms with Gasteiger partial charge in [-0.25, -0.2) is 0 Å². The van der Waals surface area contributed by atoms with Gasteiger partial charge in [0.1, 0.15) is 0 Å². The van der Waals surface area contributed by atoms with Crippen LogP contribution >= 0.6 is 12.6 Å². The minimum absolute atomic E-state index is 0.0297. The molecule has 0 amide bonds. The van der Waals surface area contributed by atoms with Gasteiger partial charge in [-0.3, -0.25) is 4.79 Å². The maximum Gasteiger partial charge on any atom is 0.318 e. The molecule has 0 aliphatic rings. The van der Waals surface area contributed by atoms with Crippen LogP contribution in [0.15, 0.2) is 0 Å². The lowest BCUT2D eigenvalue weighted by Crippen LogP contribution is -2.20. The SMILES string of the molecule is CCCC(C)OC(=O)C(C)S. The van der Waals surface area contributed by atoms with Crippen molar-refractivity contribution in [2.75, 3.05) is 0 Å². The van der Waals surface area contributed by atoms with Crippen molar-refractivity contribution in [2.45, 2.75) is 45.0 Å². The van der Waals surface area contributed by atoms with Crippen LogP contribution in [0.25, 0.3) is 0 Å². The number of esters is 1. The average Bonchev–Trinajstić information content (AvgIpc) is 1.87. The molecule has 0 N–H and O–H groups in total. The summed E-state index contributed by atoms with van der Waals surface area (Å²) in [5.41, 5.74) is 0. The minimum atomic E-state index is -0.311. The van der Waals surface area contributed by atoms with Gasteiger partial charge in [-0.2, -0.15) is 12.6 Å². The number of ether oxygens (including phenoxy) is 1. The Morgan fingerprint density at radius 2 is 2.09 bits per heavy atom. The summed E-state index contributed by atoms with van der Waals surface area (Å²) in [4.78, 5) is 10.9. The van der Waals surface area contributed by atoms with Crippen LogP contribution in [0.4, 0.5) is 0 Å². The predicted molar refractivity (Wildman–Crippen MR) is 48.9 cm³/mol. The summed E-state index contributed by atoms with van der Waals surface area (Å²) in [6, 6.07) is 0. The smallest absolute Gasteiger partial charge is 0.318 e. The lowest BCUT2D eigenvalue weighted by molar-refractivity contribution is -0.147. The first kappa shape index (κ1) is 10.8. The Bertz CT molecular complexity index is 123. The van der Waals surface area contributed by atoms with Gasteiger partial charge in [0.05, 0.1) is 11.4 Å². The molecule has 0 aromatic rings. The topological polar surface area (TPSA) is 26.3 Å². The highest BCUT2D eigenvalue weighted by atomic mass is 32.1. The molecule has 3 heteroatoms. The summed E-state index contributed by atoms with van der Waals surface area (Å²) in [5.74, 6) is -0.228. The molecule has 0 saturated heterocycles. The Morgan fingerprint density at radius 3 is 2.45 bits per heavy atom. The summed E-state index contributed by atoms with van der Waals surface area (Å²) >= 11 is 3.96. The highest BCUT2D eigenvalue weighted by molar-refractivity contribution is 7.81. The molecule has 2 nitrogen and oxygen atoms in total. The Hall–Kier alpha value is -0.180. The average molecular weight is 176 g/mol. The molecule has 0 aromatic carbocycles. The molecule has 2 atom stereocenters. The van der Waals surface area contributed by atoms with E-state index >= 15 is 0 Å². The lowest BCUT2D eigenvalue weighted by Gasteiger charge is -2.12. The van der Waals surface area contributed by atoms with Crippen molar-refractivity contribution in [3.63, 3.8) is 0 Å². The van der Waals surface area contributed by atoms with Gasteiger partial charge in [0.15, 0.2) is 0 Å². The standard InChI is InChI=1S/C8H16O2S/c1-4-5-6(2)10-8(9)7(3)11/h6-7,11H,4-5H2,1-3H3. The zero-order valence-electron chi connectivity index (χ0n) is 7.33. The maximum absolute atomic E-state index is 10.9. The van der Waals surface area contributed by atoms with Crippen LogP contribution in [0.3, 0.4) is 0 Å². The summed E-state index contributed by atoms with van der Waals surface area (Å²) in [6.07, 6.45) is 1.99. The van der Waals surface area contributed by atoms with E-state index in [1.54, 1.807) is 6.92 Å². The van der Waals surface area contributed by atoms with Crippen LogP contribution in [-0.4, -0.2) is 17.3 Å². The maximum atomic E-state index is 10.9. The molecule has 2 unspecified atom stereocenters. The molecule has 0 heterocycles. The first-order chi connectivity index (χ1) is 5.07. The van der Waals surface area contributed by atoms with E-state index in [-0.39, 0.29) is 17.3 Å². The third-order valence-electron chi connectivity index (χ3n) is 1.35. The molecule has 0 aliphatic heterocycles. The lowest BCUT2D eigenvalue weighted by atomic mass is 10.2. The molecule has 66 valence electrons. The molecular formula is C8H16O2S. The second-order valence-electron chi connectivity index (χ2n) is 2.71. The molecular weight excluding hydrogens is 160 g/mol. The number of rotatable bonds is 4. The zero-order chi connectivity index (χ0) is 8.85. The molecule has 11 heavy (non-hydrogen) atoms. The summed E-state index contributed by atoms with van der Waals surface area (Å²) in [5, 5.41) is -0.311. The third kappa shape index (κ3) is 5.13. The Morgan fingerprint density at radius 1 is 1.55 bits per heavy atom. The van der Waals surface area contributed by atoms with Crippen molar-refractivity contribution >= 4 is 18.6 Å². The van der Waals surface area contributed by atoms with E-state index in [2.05, 4.69) is 19.6 Å². The summed E-state index contributed by atoms with van der Waals surface area (Å²) < 4.78 is 5.04. The largest absolute Gasteiger partial charge is 0.462 e.